The SMILES string of the molecule is Cc1ccc(OCCCNC(=O)CCCc2nc(C)no2)cc1. The lowest BCUT2D eigenvalue weighted by molar-refractivity contribution is -0.121. The maximum Gasteiger partial charge on any atom is 0.226 e. The zero-order chi connectivity index (χ0) is 16.5. The van der Waals surface area contributed by atoms with E-state index in [2.05, 4.69) is 15.5 Å². The fraction of sp³-hybridized carbons (Fsp3) is 0.471. The van der Waals surface area contributed by atoms with E-state index >= 15 is 0 Å². The van der Waals surface area contributed by atoms with E-state index < -0.39 is 0 Å². The quantitative estimate of drug-likeness (QED) is 0.719. The monoisotopic (exact) mass is 317 g/mol. The number of carbonyl (C=O) groups is 1. The minimum atomic E-state index is 0.0385. The number of carbonyl (C=O) groups excluding carboxylic acids is 1. The van der Waals surface area contributed by atoms with Crippen molar-refractivity contribution in [1.82, 2.24) is 15.5 Å². The number of nitrogens with one attached hydrogen (secondary N) is 1. The molecule has 1 heterocycles. The molecule has 0 bridgehead atoms. The lowest BCUT2D eigenvalue weighted by Crippen LogP contribution is -2.25. The summed E-state index contributed by atoms with van der Waals surface area (Å²) in [5.74, 6) is 2.10. The van der Waals surface area contributed by atoms with E-state index in [4.69, 9.17) is 9.26 Å². The van der Waals surface area contributed by atoms with E-state index in [1.54, 1.807) is 6.92 Å². The fourth-order valence-corrected chi connectivity index (χ4v) is 2.05. The third-order valence-corrected chi connectivity index (χ3v) is 3.30. The van der Waals surface area contributed by atoms with E-state index in [9.17, 15) is 4.79 Å². The summed E-state index contributed by atoms with van der Waals surface area (Å²) in [6.45, 7) is 5.02. The summed E-state index contributed by atoms with van der Waals surface area (Å²) >= 11 is 0. The molecule has 2 rings (SSSR count). The first-order valence-corrected chi connectivity index (χ1v) is 7.89. The van der Waals surface area contributed by atoms with Gasteiger partial charge in [0.15, 0.2) is 5.82 Å². The number of amides is 1. The zero-order valence-electron chi connectivity index (χ0n) is 13.7. The van der Waals surface area contributed by atoms with Gasteiger partial charge in [0.2, 0.25) is 11.8 Å². The van der Waals surface area contributed by atoms with Gasteiger partial charge >= 0.3 is 0 Å². The first-order valence-electron chi connectivity index (χ1n) is 7.89. The summed E-state index contributed by atoms with van der Waals surface area (Å²) in [7, 11) is 0. The van der Waals surface area contributed by atoms with Crippen LogP contribution in [0.4, 0.5) is 0 Å². The van der Waals surface area contributed by atoms with Gasteiger partial charge in [-0.1, -0.05) is 22.9 Å². The van der Waals surface area contributed by atoms with Gasteiger partial charge in [-0.2, -0.15) is 4.98 Å². The van der Waals surface area contributed by atoms with Gasteiger partial charge in [0, 0.05) is 19.4 Å². The van der Waals surface area contributed by atoms with Gasteiger partial charge in [0.05, 0.1) is 6.61 Å². The molecule has 2 aromatic rings. The maximum absolute atomic E-state index is 11.7. The number of rotatable bonds is 9. The van der Waals surface area contributed by atoms with Crippen LogP contribution in [-0.4, -0.2) is 29.2 Å². The second-order valence-electron chi connectivity index (χ2n) is 5.45. The number of benzene rings is 1. The molecule has 0 saturated carbocycles. The molecule has 6 nitrogen and oxygen atoms in total. The Morgan fingerprint density at radius 2 is 2.00 bits per heavy atom. The summed E-state index contributed by atoms with van der Waals surface area (Å²) in [5.41, 5.74) is 1.21. The molecule has 0 saturated heterocycles. The van der Waals surface area contributed by atoms with Crippen molar-refractivity contribution in [2.24, 2.45) is 0 Å². The summed E-state index contributed by atoms with van der Waals surface area (Å²) < 4.78 is 10.6. The third kappa shape index (κ3) is 6.50. The van der Waals surface area contributed by atoms with Gasteiger partial charge in [-0.15, -0.1) is 0 Å². The van der Waals surface area contributed by atoms with Gasteiger partial charge in [0.1, 0.15) is 5.75 Å². The van der Waals surface area contributed by atoms with Crippen molar-refractivity contribution in [3.63, 3.8) is 0 Å². The second-order valence-corrected chi connectivity index (χ2v) is 5.45. The van der Waals surface area contributed by atoms with Crippen molar-refractivity contribution >= 4 is 5.91 Å². The van der Waals surface area contributed by atoms with E-state index in [-0.39, 0.29) is 5.91 Å². The third-order valence-electron chi connectivity index (χ3n) is 3.30. The minimum Gasteiger partial charge on any atom is -0.494 e. The molecule has 0 spiro atoms. The van der Waals surface area contributed by atoms with Gasteiger partial charge in [0.25, 0.3) is 0 Å². The zero-order valence-corrected chi connectivity index (χ0v) is 13.7. The number of nitrogens with zero attached hydrogens (tertiary/aromatic N) is 2. The van der Waals surface area contributed by atoms with Gasteiger partial charge < -0.3 is 14.6 Å². The Hall–Kier alpha value is -2.37. The largest absolute Gasteiger partial charge is 0.494 e. The predicted octanol–water partition coefficient (Wildman–Crippen LogP) is 2.59. The molecule has 0 atom stereocenters. The number of aromatic nitrogens is 2. The normalized spacial score (nSPS) is 10.5. The van der Waals surface area contributed by atoms with Crippen molar-refractivity contribution in [2.75, 3.05) is 13.2 Å². The average Bonchev–Trinajstić information content (AvgIpc) is 2.94. The fourth-order valence-electron chi connectivity index (χ4n) is 2.05. The molecule has 1 amide bonds. The number of hydrogen-bond donors (Lipinski definition) is 1. The molecule has 0 unspecified atom stereocenters. The molecule has 0 fully saturated rings. The molecule has 124 valence electrons. The highest BCUT2D eigenvalue weighted by Crippen LogP contribution is 2.11. The Morgan fingerprint density at radius 1 is 1.22 bits per heavy atom. The first-order chi connectivity index (χ1) is 11.1. The van der Waals surface area contributed by atoms with Crippen LogP contribution in [0.2, 0.25) is 0 Å². The highest BCUT2D eigenvalue weighted by atomic mass is 16.5. The Morgan fingerprint density at radius 3 is 2.70 bits per heavy atom. The van der Waals surface area contributed by atoms with Crippen molar-refractivity contribution in [2.45, 2.75) is 39.5 Å². The Labute approximate surface area is 136 Å². The summed E-state index contributed by atoms with van der Waals surface area (Å²) in [6, 6.07) is 7.93. The van der Waals surface area contributed by atoms with Crippen LogP contribution >= 0.6 is 0 Å². The molecule has 0 aliphatic rings. The lowest BCUT2D eigenvalue weighted by Gasteiger charge is -2.07. The van der Waals surface area contributed by atoms with Crippen LogP contribution in [0.15, 0.2) is 28.8 Å². The number of hydrogen-bond acceptors (Lipinski definition) is 5. The minimum absolute atomic E-state index is 0.0385. The van der Waals surface area contributed by atoms with Crippen LogP contribution in [0.5, 0.6) is 5.75 Å². The van der Waals surface area contributed by atoms with Gasteiger partial charge in [-0.3, -0.25) is 4.79 Å². The molecular formula is C17H23N3O3. The van der Waals surface area contributed by atoms with E-state index in [1.165, 1.54) is 5.56 Å². The molecule has 1 aromatic carbocycles. The highest BCUT2D eigenvalue weighted by Gasteiger charge is 2.05. The van der Waals surface area contributed by atoms with E-state index in [0.29, 0.717) is 44.1 Å². The van der Waals surface area contributed by atoms with Crippen molar-refractivity contribution in [3.8, 4) is 5.75 Å². The summed E-state index contributed by atoms with van der Waals surface area (Å²) in [6.07, 6.45) is 2.57. The first kappa shape index (κ1) is 17.0. The van der Waals surface area contributed by atoms with Crippen LogP contribution in [0.1, 0.15) is 36.5 Å². The molecule has 0 radical (unpaired) electrons. The maximum atomic E-state index is 11.7. The molecular weight excluding hydrogens is 294 g/mol. The molecule has 0 aliphatic heterocycles. The van der Waals surface area contributed by atoms with E-state index in [0.717, 1.165) is 12.2 Å². The van der Waals surface area contributed by atoms with Gasteiger partial charge in [-0.05, 0) is 38.8 Å². The van der Waals surface area contributed by atoms with E-state index in [1.807, 2.05) is 31.2 Å². The van der Waals surface area contributed by atoms with Crippen molar-refractivity contribution in [1.29, 1.82) is 0 Å². The number of ether oxygens (including phenoxy) is 1. The molecule has 6 heteroatoms. The van der Waals surface area contributed by atoms with Crippen molar-refractivity contribution in [3.05, 3.63) is 41.5 Å². The molecule has 23 heavy (non-hydrogen) atoms. The smallest absolute Gasteiger partial charge is 0.226 e. The van der Waals surface area contributed by atoms with Crippen LogP contribution in [0.3, 0.4) is 0 Å². The van der Waals surface area contributed by atoms with Crippen LogP contribution in [-0.2, 0) is 11.2 Å². The average molecular weight is 317 g/mol. The molecule has 0 aliphatic carbocycles. The predicted molar refractivity (Wildman–Crippen MR) is 86.3 cm³/mol. The highest BCUT2D eigenvalue weighted by molar-refractivity contribution is 5.75. The molecule has 1 aromatic heterocycles. The van der Waals surface area contributed by atoms with Crippen LogP contribution in [0, 0.1) is 13.8 Å². The summed E-state index contributed by atoms with van der Waals surface area (Å²) in [4.78, 5) is 15.8. The lowest BCUT2D eigenvalue weighted by atomic mass is 10.2. The van der Waals surface area contributed by atoms with Crippen molar-refractivity contribution < 1.29 is 14.1 Å². The number of aryl methyl sites for hydroxylation is 3. The Balaban J connectivity index is 1.50. The van der Waals surface area contributed by atoms with Gasteiger partial charge in [-0.25, -0.2) is 0 Å². The summed E-state index contributed by atoms with van der Waals surface area (Å²) in [5, 5.41) is 6.60. The standard InChI is InChI=1S/C17H23N3O3/c1-13-7-9-15(10-8-13)22-12-4-11-18-16(21)5-3-6-17-19-14(2)20-23-17/h7-10H,3-6,11-12H2,1-2H3,(H,18,21). The Kier molecular flexibility index (Phi) is 6.59. The second kappa shape index (κ2) is 8.92. The topological polar surface area (TPSA) is 77.2 Å². The Bertz CT molecular complexity index is 608. The molecule has 1 N–H and O–H groups in total. The van der Waals surface area contributed by atoms with Crippen LogP contribution < -0.4 is 10.1 Å². The van der Waals surface area contributed by atoms with Crippen LogP contribution in [0.25, 0.3) is 0 Å².